The van der Waals surface area contributed by atoms with Gasteiger partial charge in [0.15, 0.2) is 0 Å². The Kier molecular flexibility index (Phi) is 2.97. The van der Waals surface area contributed by atoms with Crippen LogP contribution in [-0.4, -0.2) is 21.5 Å². The zero-order chi connectivity index (χ0) is 12.5. The maximum absolute atomic E-state index is 5.51. The number of nitrogens with zero attached hydrogens (tertiary/aromatic N) is 3. The number of thiocarbonyl (C=S) groups is 1. The highest BCUT2D eigenvalue weighted by atomic mass is 32.1. The van der Waals surface area contributed by atoms with Crippen molar-refractivity contribution in [1.82, 2.24) is 9.97 Å². The van der Waals surface area contributed by atoms with Crippen LogP contribution in [0.2, 0.25) is 0 Å². The average Bonchev–Trinajstić information content (AvgIpc) is 2.86. The number of thiophene rings is 1. The van der Waals surface area contributed by atoms with Gasteiger partial charge in [0.2, 0.25) is 0 Å². The van der Waals surface area contributed by atoms with Gasteiger partial charge in [-0.2, -0.15) is 0 Å². The van der Waals surface area contributed by atoms with Crippen LogP contribution in [0.25, 0.3) is 0 Å². The van der Waals surface area contributed by atoms with Crippen molar-refractivity contribution in [2.24, 2.45) is 5.73 Å². The van der Waals surface area contributed by atoms with E-state index < -0.39 is 0 Å². The third-order valence-electron chi connectivity index (χ3n) is 3.02. The lowest BCUT2D eigenvalue weighted by Crippen LogP contribution is -2.30. The van der Waals surface area contributed by atoms with E-state index in [0.29, 0.717) is 5.69 Å². The molecule has 3 heterocycles. The average molecular weight is 276 g/mol. The molecule has 0 unspecified atom stereocenters. The van der Waals surface area contributed by atoms with Gasteiger partial charge in [-0.1, -0.05) is 12.2 Å². The minimum Gasteiger partial charge on any atom is -0.388 e. The number of fused-ring (bicyclic) bond motifs is 1. The molecule has 0 aromatic carbocycles. The predicted molar refractivity (Wildman–Crippen MR) is 77.0 cm³/mol. The highest BCUT2D eigenvalue weighted by Gasteiger charge is 2.18. The van der Waals surface area contributed by atoms with Crippen LogP contribution in [0.5, 0.6) is 0 Å². The lowest BCUT2D eigenvalue weighted by atomic mass is 10.1. The Morgan fingerprint density at radius 3 is 3.00 bits per heavy atom. The standard InChI is InChI=1S/C12H12N4S2/c13-12(17)9-5-15-11(6-14-9)16-3-1-10-8(7-16)2-4-18-10/h2,4-6H,1,3,7H2,(H2,13,17). The van der Waals surface area contributed by atoms with Crippen molar-refractivity contribution in [3.05, 3.63) is 40.0 Å². The van der Waals surface area contributed by atoms with Gasteiger partial charge in [0.25, 0.3) is 0 Å². The van der Waals surface area contributed by atoms with Crippen LogP contribution >= 0.6 is 23.6 Å². The molecule has 0 atom stereocenters. The van der Waals surface area contributed by atoms with E-state index in [-0.39, 0.29) is 4.99 Å². The Morgan fingerprint density at radius 1 is 1.39 bits per heavy atom. The Bertz CT molecular complexity index is 576. The van der Waals surface area contributed by atoms with Crippen molar-refractivity contribution in [2.45, 2.75) is 13.0 Å². The summed E-state index contributed by atoms with van der Waals surface area (Å²) in [6.45, 7) is 1.88. The number of hydrogen-bond donors (Lipinski definition) is 1. The van der Waals surface area contributed by atoms with E-state index in [1.165, 1.54) is 10.4 Å². The van der Waals surface area contributed by atoms with Crippen LogP contribution in [0.4, 0.5) is 5.82 Å². The minimum atomic E-state index is 0.285. The van der Waals surface area contributed by atoms with Crippen LogP contribution in [-0.2, 0) is 13.0 Å². The lowest BCUT2D eigenvalue weighted by Gasteiger charge is -2.27. The summed E-state index contributed by atoms with van der Waals surface area (Å²) in [5.74, 6) is 0.881. The molecule has 2 aromatic rings. The normalized spacial score (nSPS) is 14.3. The Hall–Kier alpha value is -1.53. The van der Waals surface area contributed by atoms with Gasteiger partial charge in [-0.15, -0.1) is 11.3 Å². The van der Waals surface area contributed by atoms with E-state index in [2.05, 4.69) is 26.3 Å². The molecule has 0 fully saturated rings. The van der Waals surface area contributed by atoms with Crippen molar-refractivity contribution in [2.75, 3.05) is 11.4 Å². The van der Waals surface area contributed by atoms with Crippen LogP contribution < -0.4 is 10.6 Å². The number of rotatable bonds is 2. The number of hydrogen-bond acceptors (Lipinski definition) is 5. The second-order valence-corrected chi connectivity index (χ2v) is 5.61. The first kappa shape index (κ1) is 11.6. The van der Waals surface area contributed by atoms with Gasteiger partial charge in [-0.3, -0.25) is 0 Å². The fourth-order valence-corrected chi connectivity index (χ4v) is 3.05. The summed E-state index contributed by atoms with van der Waals surface area (Å²) >= 11 is 6.70. The molecule has 2 N–H and O–H groups in total. The summed E-state index contributed by atoms with van der Waals surface area (Å²) < 4.78 is 0. The molecular weight excluding hydrogens is 264 g/mol. The Labute approximate surface area is 114 Å². The third-order valence-corrected chi connectivity index (χ3v) is 4.25. The predicted octanol–water partition coefficient (Wildman–Crippen LogP) is 1.74. The zero-order valence-electron chi connectivity index (χ0n) is 9.67. The van der Waals surface area contributed by atoms with Gasteiger partial charge in [0, 0.05) is 18.0 Å². The van der Waals surface area contributed by atoms with Gasteiger partial charge >= 0.3 is 0 Å². The van der Waals surface area contributed by atoms with E-state index in [1.807, 2.05) is 11.3 Å². The molecule has 1 aliphatic rings. The number of nitrogens with two attached hydrogens (primary N) is 1. The largest absolute Gasteiger partial charge is 0.388 e. The second-order valence-electron chi connectivity index (χ2n) is 4.16. The topological polar surface area (TPSA) is 55.0 Å². The molecule has 0 amide bonds. The highest BCUT2D eigenvalue weighted by Crippen LogP contribution is 2.26. The maximum atomic E-state index is 5.51. The van der Waals surface area contributed by atoms with E-state index >= 15 is 0 Å². The van der Waals surface area contributed by atoms with Crippen LogP contribution in [0.1, 0.15) is 16.1 Å². The molecule has 92 valence electrons. The lowest BCUT2D eigenvalue weighted by molar-refractivity contribution is 0.729. The molecule has 0 saturated heterocycles. The van der Waals surface area contributed by atoms with Crippen LogP contribution in [0.3, 0.4) is 0 Å². The minimum absolute atomic E-state index is 0.285. The van der Waals surface area contributed by atoms with Gasteiger partial charge in [-0.05, 0) is 23.4 Å². The molecule has 1 aliphatic heterocycles. The van der Waals surface area contributed by atoms with Gasteiger partial charge < -0.3 is 10.6 Å². The molecule has 18 heavy (non-hydrogen) atoms. The SMILES string of the molecule is NC(=S)c1cnc(N2CCc3sccc3C2)cn1. The molecule has 6 heteroatoms. The molecule has 0 aliphatic carbocycles. The van der Waals surface area contributed by atoms with E-state index in [0.717, 1.165) is 25.3 Å². The van der Waals surface area contributed by atoms with Gasteiger partial charge in [-0.25, -0.2) is 9.97 Å². The molecule has 4 nitrogen and oxygen atoms in total. The summed E-state index contributed by atoms with van der Waals surface area (Å²) in [4.78, 5) is 12.6. The first-order chi connectivity index (χ1) is 8.74. The molecule has 3 rings (SSSR count). The maximum Gasteiger partial charge on any atom is 0.147 e. The van der Waals surface area contributed by atoms with E-state index in [1.54, 1.807) is 12.4 Å². The second kappa shape index (κ2) is 4.62. The summed E-state index contributed by atoms with van der Waals surface area (Å²) in [5, 5.41) is 2.15. The first-order valence-electron chi connectivity index (χ1n) is 5.66. The molecular formula is C12H12N4S2. The fraction of sp³-hybridized carbons (Fsp3) is 0.250. The number of aromatic nitrogens is 2. The van der Waals surface area contributed by atoms with Crippen molar-refractivity contribution >= 4 is 34.4 Å². The number of anilines is 1. The summed E-state index contributed by atoms with van der Waals surface area (Å²) in [7, 11) is 0. The molecule has 0 spiro atoms. The van der Waals surface area contributed by atoms with Gasteiger partial charge in [0.05, 0.1) is 12.4 Å². The smallest absolute Gasteiger partial charge is 0.147 e. The molecule has 2 aromatic heterocycles. The van der Waals surface area contributed by atoms with E-state index in [9.17, 15) is 0 Å². The highest BCUT2D eigenvalue weighted by molar-refractivity contribution is 7.80. The van der Waals surface area contributed by atoms with Gasteiger partial charge in [0.1, 0.15) is 16.5 Å². The summed E-state index contributed by atoms with van der Waals surface area (Å²) in [6, 6.07) is 2.18. The molecule has 0 radical (unpaired) electrons. The van der Waals surface area contributed by atoms with Crippen molar-refractivity contribution in [3.63, 3.8) is 0 Å². The Balaban J connectivity index is 1.82. The van der Waals surface area contributed by atoms with E-state index in [4.69, 9.17) is 18.0 Å². The van der Waals surface area contributed by atoms with Crippen LogP contribution in [0, 0.1) is 0 Å². The summed E-state index contributed by atoms with van der Waals surface area (Å²) in [6.07, 6.45) is 4.46. The molecule has 0 saturated carbocycles. The summed E-state index contributed by atoms with van der Waals surface area (Å²) in [5.41, 5.74) is 7.47. The Morgan fingerprint density at radius 2 is 2.28 bits per heavy atom. The quantitative estimate of drug-likeness (QED) is 0.847. The third kappa shape index (κ3) is 2.09. The molecule has 0 bridgehead atoms. The van der Waals surface area contributed by atoms with Crippen molar-refractivity contribution in [3.8, 4) is 0 Å². The van der Waals surface area contributed by atoms with Crippen LogP contribution in [0.15, 0.2) is 23.8 Å². The first-order valence-corrected chi connectivity index (χ1v) is 6.95. The monoisotopic (exact) mass is 276 g/mol. The van der Waals surface area contributed by atoms with Crippen molar-refractivity contribution < 1.29 is 0 Å². The van der Waals surface area contributed by atoms with Crippen molar-refractivity contribution in [1.29, 1.82) is 0 Å². The fourth-order valence-electron chi connectivity index (χ4n) is 2.06. The zero-order valence-corrected chi connectivity index (χ0v) is 11.3.